The molecule has 4 aromatic carbocycles. The monoisotopic (exact) mass is 696 g/mol. The summed E-state index contributed by atoms with van der Waals surface area (Å²) >= 11 is 0. The van der Waals surface area contributed by atoms with Gasteiger partial charge >= 0.3 is 11.9 Å². The Morgan fingerprint density at radius 3 is 1.20 bits per heavy atom. The van der Waals surface area contributed by atoms with Crippen LogP contribution in [-0.4, -0.2) is 75.4 Å². The lowest BCUT2D eigenvalue weighted by Gasteiger charge is -2.26. The first-order valence-electron chi connectivity index (χ1n) is 16.7. The van der Waals surface area contributed by atoms with Crippen LogP contribution in [0.4, 0.5) is 0 Å². The number of esters is 2. The second kappa shape index (κ2) is 19.2. The Labute approximate surface area is 298 Å². The van der Waals surface area contributed by atoms with Crippen molar-refractivity contribution in [3.05, 3.63) is 131 Å². The normalized spacial score (nSPS) is 12.3. The first kappa shape index (κ1) is 38.5. The molecule has 0 saturated carbocycles. The van der Waals surface area contributed by atoms with Gasteiger partial charge in [-0.2, -0.15) is 0 Å². The van der Waals surface area contributed by atoms with Crippen molar-refractivity contribution in [1.82, 2.24) is 0 Å². The highest BCUT2D eigenvalue weighted by molar-refractivity contribution is 6.09. The van der Waals surface area contributed by atoms with Crippen LogP contribution in [0.25, 0.3) is 0 Å². The molecule has 4 aromatic rings. The zero-order valence-corrected chi connectivity index (χ0v) is 29.4. The molecule has 0 amide bonds. The SMILES string of the molecule is CC(COCC(C)(C)COCC(C)OC(=O)COc1ccc(C(=O)c2ccccc2)cc1)OC(=O)COc1ccc(C(=O)c2ccccc2)cc1. The number of carbonyl (C=O) groups excluding carboxylic acids is 4. The molecule has 0 saturated heterocycles. The summed E-state index contributed by atoms with van der Waals surface area (Å²) < 4.78 is 33.4. The molecule has 4 rings (SSSR count). The van der Waals surface area contributed by atoms with Gasteiger partial charge in [0.15, 0.2) is 24.8 Å². The van der Waals surface area contributed by atoms with Gasteiger partial charge in [-0.25, -0.2) is 9.59 Å². The van der Waals surface area contributed by atoms with Gasteiger partial charge in [-0.1, -0.05) is 74.5 Å². The smallest absolute Gasteiger partial charge is 0.344 e. The lowest BCUT2D eigenvalue weighted by atomic mass is 9.96. The summed E-state index contributed by atoms with van der Waals surface area (Å²) in [6, 6.07) is 31.1. The third kappa shape index (κ3) is 13.1. The first-order valence-corrected chi connectivity index (χ1v) is 16.7. The summed E-state index contributed by atoms with van der Waals surface area (Å²) in [6.45, 7) is 7.90. The van der Waals surface area contributed by atoms with Gasteiger partial charge in [0.1, 0.15) is 23.7 Å². The molecule has 10 nitrogen and oxygen atoms in total. The first-order chi connectivity index (χ1) is 24.5. The molecule has 0 aromatic heterocycles. The number of rotatable bonds is 20. The summed E-state index contributed by atoms with van der Waals surface area (Å²) in [6.07, 6.45) is -1.000. The average molecular weight is 697 g/mol. The van der Waals surface area contributed by atoms with Crippen molar-refractivity contribution in [2.45, 2.75) is 39.9 Å². The van der Waals surface area contributed by atoms with Crippen molar-refractivity contribution in [3.63, 3.8) is 0 Å². The van der Waals surface area contributed by atoms with Gasteiger partial charge in [0, 0.05) is 27.7 Å². The van der Waals surface area contributed by atoms with Crippen LogP contribution in [0.1, 0.15) is 59.5 Å². The maximum absolute atomic E-state index is 12.6. The van der Waals surface area contributed by atoms with E-state index in [0.717, 1.165) is 0 Å². The minimum atomic E-state index is -0.541. The molecule has 0 spiro atoms. The summed E-state index contributed by atoms with van der Waals surface area (Å²) in [5.41, 5.74) is 1.87. The van der Waals surface area contributed by atoms with Crippen LogP contribution in [-0.2, 0) is 28.5 Å². The molecule has 10 heteroatoms. The maximum atomic E-state index is 12.6. The van der Waals surface area contributed by atoms with E-state index in [0.29, 0.717) is 47.0 Å². The van der Waals surface area contributed by atoms with E-state index < -0.39 is 24.1 Å². The number of ketones is 2. The second-order valence-electron chi connectivity index (χ2n) is 12.8. The summed E-state index contributed by atoms with van der Waals surface area (Å²) in [5.74, 6) is -0.385. The lowest BCUT2D eigenvalue weighted by molar-refractivity contribution is -0.154. The molecule has 2 atom stereocenters. The van der Waals surface area contributed by atoms with E-state index in [2.05, 4.69) is 0 Å². The van der Waals surface area contributed by atoms with E-state index in [-0.39, 0.29) is 43.4 Å². The molecule has 0 aliphatic heterocycles. The molecule has 268 valence electrons. The van der Waals surface area contributed by atoms with Gasteiger partial charge in [0.25, 0.3) is 0 Å². The zero-order valence-electron chi connectivity index (χ0n) is 29.4. The molecule has 0 bridgehead atoms. The molecule has 0 aliphatic rings. The van der Waals surface area contributed by atoms with Crippen molar-refractivity contribution >= 4 is 23.5 Å². The molecule has 51 heavy (non-hydrogen) atoms. The van der Waals surface area contributed by atoms with E-state index in [1.807, 2.05) is 50.2 Å². The highest BCUT2D eigenvalue weighted by atomic mass is 16.6. The van der Waals surface area contributed by atoms with Crippen LogP contribution in [0, 0.1) is 5.41 Å². The Morgan fingerprint density at radius 1 is 0.510 bits per heavy atom. The van der Waals surface area contributed by atoms with Crippen LogP contribution in [0.3, 0.4) is 0 Å². The van der Waals surface area contributed by atoms with Gasteiger partial charge < -0.3 is 28.4 Å². The van der Waals surface area contributed by atoms with E-state index in [4.69, 9.17) is 28.4 Å². The summed E-state index contributed by atoms with van der Waals surface area (Å²) in [7, 11) is 0. The van der Waals surface area contributed by atoms with E-state index in [1.165, 1.54) is 0 Å². The van der Waals surface area contributed by atoms with Gasteiger partial charge in [-0.3, -0.25) is 9.59 Å². The highest BCUT2D eigenvalue weighted by Gasteiger charge is 2.21. The molecule has 0 fully saturated rings. The molecule has 0 radical (unpaired) electrons. The average Bonchev–Trinajstić information content (AvgIpc) is 3.13. The number of hydrogen-bond acceptors (Lipinski definition) is 10. The fraction of sp³-hybridized carbons (Fsp3) is 0.317. The largest absolute Gasteiger partial charge is 0.482 e. The van der Waals surface area contributed by atoms with Crippen molar-refractivity contribution in [2.75, 3.05) is 39.6 Å². The Kier molecular flexibility index (Phi) is 14.5. The van der Waals surface area contributed by atoms with Gasteiger partial charge in [-0.15, -0.1) is 0 Å². The number of ether oxygens (including phenoxy) is 6. The lowest BCUT2D eigenvalue weighted by Crippen LogP contribution is -2.31. The van der Waals surface area contributed by atoms with Crippen molar-refractivity contribution < 1.29 is 47.6 Å². The van der Waals surface area contributed by atoms with Crippen molar-refractivity contribution in [2.24, 2.45) is 5.41 Å². The maximum Gasteiger partial charge on any atom is 0.344 e. The van der Waals surface area contributed by atoms with Crippen molar-refractivity contribution in [1.29, 1.82) is 0 Å². The van der Waals surface area contributed by atoms with Crippen LogP contribution < -0.4 is 9.47 Å². The predicted molar refractivity (Wildman–Crippen MR) is 190 cm³/mol. The van der Waals surface area contributed by atoms with E-state index >= 15 is 0 Å². The fourth-order valence-corrected chi connectivity index (χ4v) is 4.83. The Hall–Kier alpha value is -5.32. The van der Waals surface area contributed by atoms with E-state index in [9.17, 15) is 19.2 Å². The summed E-state index contributed by atoms with van der Waals surface area (Å²) in [5, 5.41) is 0. The van der Waals surface area contributed by atoms with Gasteiger partial charge in [-0.05, 0) is 62.4 Å². The molecule has 0 N–H and O–H groups in total. The van der Waals surface area contributed by atoms with Crippen LogP contribution in [0.2, 0.25) is 0 Å². The quantitative estimate of drug-likeness (QED) is 0.0745. The second-order valence-corrected chi connectivity index (χ2v) is 12.8. The third-order valence-electron chi connectivity index (χ3n) is 7.37. The standard InChI is InChI=1S/C41H44O10/c1-29(50-37(42)25-48-35-19-15-33(16-20-35)39(44)31-11-7-5-8-12-31)23-46-27-41(3,4)28-47-24-30(2)51-38(43)26-49-36-21-17-34(18-22-36)40(45)32-13-9-6-10-14-32/h5-22,29-30H,23-28H2,1-4H3. The minimum absolute atomic E-state index is 0.0953. The number of hydrogen-bond donors (Lipinski definition) is 0. The Balaban J connectivity index is 1.05. The highest BCUT2D eigenvalue weighted by Crippen LogP contribution is 2.19. The van der Waals surface area contributed by atoms with Crippen LogP contribution in [0.15, 0.2) is 109 Å². The molecular weight excluding hydrogens is 652 g/mol. The molecular formula is C41H44O10. The van der Waals surface area contributed by atoms with E-state index in [1.54, 1.807) is 86.6 Å². The van der Waals surface area contributed by atoms with Crippen molar-refractivity contribution in [3.8, 4) is 11.5 Å². The molecule has 0 heterocycles. The van der Waals surface area contributed by atoms with Crippen LogP contribution in [0.5, 0.6) is 11.5 Å². The zero-order chi connectivity index (χ0) is 36.6. The fourth-order valence-electron chi connectivity index (χ4n) is 4.83. The van der Waals surface area contributed by atoms with Gasteiger partial charge in [0.2, 0.25) is 0 Å². The Morgan fingerprint density at radius 2 is 0.843 bits per heavy atom. The Bertz CT molecular complexity index is 1570. The summed E-state index contributed by atoms with van der Waals surface area (Å²) in [4.78, 5) is 49.7. The van der Waals surface area contributed by atoms with Gasteiger partial charge in [0.05, 0.1) is 26.4 Å². The topological polar surface area (TPSA) is 124 Å². The number of benzene rings is 4. The third-order valence-corrected chi connectivity index (χ3v) is 7.37. The van der Waals surface area contributed by atoms with Crippen LogP contribution >= 0.6 is 0 Å². The number of carbonyl (C=O) groups is 4. The predicted octanol–water partition coefficient (Wildman–Crippen LogP) is 6.53. The minimum Gasteiger partial charge on any atom is -0.482 e. The molecule has 2 unspecified atom stereocenters. The molecule has 0 aliphatic carbocycles.